The van der Waals surface area contributed by atoms with Crippen molar-refractivity contribution in [2.24, 2.45) is 0 Å². The normalized spacial score (nSPS) is 11.1. The molecule has 0 aliphatic rings. The van der Waals surface area contributed by atoms with Crippen LogP contribution in [0.15, 0.2) is 48.5 Å². The molecule has 0 aliphatic heterocycles. The number of nitrogens with zero attached hydrogens (tertiary/aromatic N) is 3. The number of phenols is 1. The zero-order valence-corrected chi connectivity index (χ0v) is 14.9. The molecule has 0 bridgehead atoms. The number of phenolic OH excluding ortho intramolecular Hbond substituents is 1. The number of aromatic hydroxyl groups is 1. The second-order valence-electron chi connectivity index (χ2n) is 5.92. The van der Waals surface area contributed by atoms with Crippen LogP contribution in [0.4, 0.5) is 0 Å². The van der Waals surface area contributed by atoms with Gasteiger partial charge < -0.3 is 14.9 Å². The molecule has 0 spiro atoms. The summed E-state index contributed by atoms with van der Waals surface area (Å²) in [5.41, 5.74) is 1.48. The Balaban J connectivity index is 1.80. The van der Waals surface area contributed by atoms with Gasteiger partial charge in [-0.2, -0.15) is 12.6 Å². The molecular weight excluding hydrogens is 366 g/mol. The van der Waals surface area contributed by atoms with Gasteiger partial charge in [-0.15, -0.1) is 15.0 Å². The topological polar surface area (TPSA) is 97.5 Å². The third kappa shape index (κ3) is 3.26. The van der Waals surface area contributed by atoms with Gasteiger partial charge in [0.1, 0.15) is 28.2 Å². The number of carboxylic acids is 1. The van der Waals surface area contributed by atoms with Gasteiger partial charge in [0, 0.05) is 5.75 Å². The molecule has 0 fully saturated rings. The van der Waals surface area contributed by atoms with Gasteiger partial charge in [0.05, 0.1) is 12.2 Å². The monoisotopic (exact) mass is 381 g/mol. The molecule has 136 valence electrons. The Labute approximate surface area is 159 Å². The SMILES string of the molecule is O=C(O)c1ccc2nn(-c3cc4cc(OCCS)ccc4cc3O)nc2c1. The Bertz CT molecular complexity index is 1170. The Hall–Kier alpha value is -3.26. The van der Waals surface area contributed by atoms with E-state index in [4.69, 9.17) is 9.84 Å². The van der Waals surface area contributed by atoms with Crippen molar-refractivity contribution in [3.8, 4) is 17.2 Å². The van der Waals surface area contributed by atoms with Crippen LogP contribution in [0, 0.1) is 0 Å². The van der Waals surface area contributed by atoms with E-state index in [0.29, 0.717) is 34.8 Å². The van der Waals surface area contributed by atoms with E-state index in [0.717, 1.165) is 10.8 Å². The number of benzene rings is 3. The van der Waals surface area contributed by atoms with Crippen LogP contribution in [0.5, 0.6) is 11.5 Å². The van der Waals surface area contributed by atoms with E-state index >= 15 is 0 Å². The minimum Gasteiger partial charge on any atom is -0.506 e. The number of hydrogen-bond acceptors (Lipinski definition) is 6. The zero-order chi connectivity index (χ0) is 19.0. The molecule has 3 aromatic carbocycles. The minimum atomic E-state index is -1.03. The summed E-state index contributed by atoms with van der Waals surface area (Å²) in [6.45, 7) is 0.498. The summed E-state index contributed by atoms with van der Waals surface area (Å²) in [5, 5.41) is 29.9. The van der Waals surface area contributed by atoms with Gasteiger partial charge >= 0.3 is 5.97 Å². The second-order valence-corrected chi connectivity index (χ2v) is 6.37. The molecule has 7 nitrogen and oxygen atoms in total. The summed E-state index contributed by atoms with van der Waals surface area (Å²) in [7, 11) is 0. The number of carboxylic acid groups (broad SMARTS) is 1. The summed E-state index contributed by atoms with van der Waals surface area (Å²) >= 11 is 4.13. The van der Waals surface area contributed by atoms with Crippen LogP contribution < -0.4 is 4.74 Å². The summed E-state index contributed by atoms with van der Waals surface area (Å²) < 4.78 is 5.59. The van der Waals surface area contributed by atoms with E-state index in [9.17, 15) is 9.90 Å². The van der Waals surface area contributed by atoms with Crippen LogP contribution in [0.25, 0.3) is 27.5 Å². The Morgan fingerprint density at radius 1 is 1.04 bits per heavy atom. The first-order valence-electron chi connectivity index (χ1n) is 8.16. The van der Waals surface area contributed by atoms with Crippen molar-refractivity contribution in [3.63, 3.8) is 0 Å². The third-order valence-corrected chi connectivity index (χ3v) is 4.29. The van der Waals surface area contributed by atoms with Crippen LogP contribution >= 0.6 is 12.6 Å². The molecule has 0 radical (unpaired) electrons. The Morgan fingerprint density at radius 2 is 1.85 bits per heavy atom. The molecule has 4 aromatic rings. The van der Waals surface area contributed by atoms with E-state index < -0.39 is 5.97 Å². The maximum atomic E-state index is 11.1. The second kappa shape index (κ2) is 6.81. The lowest BCUT2D eigenvalue weighted by atomic mass is 10.1. The number of rotatable bonds is 5. The standard InChI is InChI=1S/C19H15N3O4S/c23-18-10-11-1-3-14(26-5-6-27)7-13(11)9-17(18)22-20-15-4-2-12(19(24)25)8-16(15)21-22/h1-4,7-10,23,27H,5-6H2,(H,24,25). The maximum Gasteiger partial charge on any atom is 0.335 e. The first-order valence-corrected chi connectivity index (χ1v) is 8.79. The van der Waals surface area contributed by atoms with E-state index in [-0.39, 0.29) is 11.3 Å². The van der Waals surface area contributed by atoms with Crippen molar-refractivity contribution in [3.05, 3.63) is 54.1 Å². The molecule has 0 atom stereocenters. The molecule has 1 heterocycles. The van der Waals surface area contributed by atoms with Crippen molar-refractivity contribution in [2.45, 2.75) is 0 Å². The fourth-order valence-electron chi connectivity index (χ4n) is 2.82. The molecule has 8 heteroatoms. The lowest BCUT2D eigenvalue weighted by molar-refractivity contribution is 0.0697. The highest BCUT2D eigenvalue weighted by Gasteiger charge is 2.13. The quantitative estimate of drug-likeness (QED) is 0.459. The van der Waals surface area contributed by atoms with Crippen molar-refractivity contribution in [2.75, 3.05) is 12.4 Å². The number of hydrogen-bond donors (Lipinski definition) is 3. The van der Waals surface area contributed by atoms with Crippen molar-refractivity contribution in [1.29, 1.82) is 0 Å². The number of thiol groups is 1. The summed E-state index contributed by atoms with van der Waals surface area (Å²) in [5.74, 6) is 0.304. The Morgan fingerprint density at radius 3 is 2.63 bits per heavy atom. The van der Waals surface area contributed by atoms with E-state index in [1.165, 1.54) is 16.9 Å². The van der Waals surface area contributed by atoms with E-state index in [1.54, 1.807) is 18.2 Å². The summed E-state index contributed by atoms with van der Waals surface area (Å²) in [6.07, 6.45) is 0. The molecule has 1 aromatic heterocycles. The fraction of sp³-hybridized carbons (Fsp3) is 0.105. The highest BCUT2D eigenvalue weighted by molar-refractivity contribution is 7.80. The van der Waals surface area contributed by atoms with Gasteiger partial charge in [-0.05, 0) is 53.2 Å². The lowest BCUT2D eigenvalue weighted by Crippen LogP contribution is -2.00. The van der Waals surface area contributed by atoms with Crippen LogP contribution in [0.3, 0.4) is 0 Å². The highest BCUT2D eigenvalue weighted by atomic mass is 32.1. The van der Waals surface area contributed by atoms with Crippen molar-refractivity contribution < 1.29 is 19.7 Å². The molecule has 0 saturated heterocycles. The van der Waals surface area contributed by atoms with E-state index in [1.807, 2.05) is 18.2 Å². The van der Waals surface area contributed by atoms with Crippen LogP contribution in [0.1, 0.15) is 10.4 Å². The predicted molar refractivity (Wildman–Crippen MR) is 104 cm³/mol. The van der Waals surface area contributed by atoms with Crippen LogP contribution in [-0.4, -0.2) is 43.5 Å². The molecule has 0 aliphatic carbocycles. The average Bonchev–Trinajstić information content (AvgIpc) is 3.08. The average molecular weight is 381 g/mol. The molecule has 0 unspecified atom stereocenters. The molecule has 2 N–H and O–H groups in total. The predicted octanol–water partition coefficient (Wildman–Crippen LogP) is 3.29. The number of aromatic nitrogens is 3. The first-order chi connectivity index (χ1) is 13.0. The molecule has 0 saturated carbocycles. The number of ether oxygens (including phenoxy) is 1. The van der Waals surface area contributed by atoms with Gasteiger partial charge in [0.2, 0.25) is 0 Å². The Kier molecular flexibility index (Phi) is 4.33. The molecule has 0 amide bonds. The largest absolute Gasteiger partial charge is 0.506 e. The van der Waals surface area contributed by atoms with Gasteiger partial charge in [0.25, 0.3) is 0 Å². The zero-order valence-electron chi connectivity index (χ0n) is 14.0. The summed E-state index contributed by atoms with van der Waals surface area (Å²) in [6, 6.07) is 13.4. The van der Waals surface area contributed by atoms with Crippen LogP contribution in [-0.2, 0) is 0 Å². The highest BCUT2D eigenvalue weighted by Crippen LogP contribution is 2.30. The molecular formula is C19H15N3O4S. The third-order valence-electron chi connectivity index (χ3n) is 4.11. The van der Waals surface area contributed by atoms with Crippen LogP contribution in [0.2, 0.25) is 0 Å². The minimum absolute atomic E-state index is 0.0188. The van der Waals surface area contributed by atoms with Crippen molar-refractivity contribution >= 4 is 40.4 Å². The van der Waals surface area contributed by atoms with E-state index in [2.05, 4.69) is 22.8 Å². The van der Waals surface area contributed by atoms with Gasteiger partial charge in [0.15, 0.2) is 0 Å². The fourth-order valence-corrected chi connectivity index (χ4v) is 2.91. The maximum absolute atomic E-state index is 11.1. The number of carbonyl (C=O) groups is 1. The van der Waals surface area contributed by atoms with Gasteiger partial charge in [-0.1, -0.05) is 6.07 Å². The smallest absolute Gasteiger partial charge is 0.335 e. The van der Waals surface area contributed by atoms with Crippen molar-refractivity contribution in [1.82, 2.24) is 15.0 Å². The van der Waals surface area contributed by atoms with Gasteiger partial charge in [-0.25, -0.2) is 4.79 Å². The number of aromatic carboxylic acids is 1. The number of fused-ring (bicyclic) bond motifs is 2. The molecule has 4 rings (SSSR count). The summed E-state index contributed by atoms with van der Waals surface area (Å²) in [4.78, 5) is 12.4. The lowest BCUT2D eigenvalue weighted by Gasteiger charge is -2.08. The van der Waals surface area contributed by atoms with Gasteiger partial charge in [-0.3, -0.25) is 0 Å². The molecule has 27 heavy (non-hydrogen) atoms. The first kappa shape index (κ1) is 17.2.